The summed E-state index contributed by atoms with van der Waals surface area (Å²) in [7, 11) is 0. The Kier molecular flexibility index (Phi) is 6.61. The van der Waals surface area contributed by atoms with Gasteiger partial charge in [0.25, 0.3) is 5.89 Å². The van der Waals surface area contributed by atoms with Crippen molar-refractivity contribution in [3.63, 3.8) is 0 Å². The summed E-state index contributed by atoms with van der Waals surface area (Å²) >= 11 is 0. The third kappa shape index (κ3) is 4.81. The van der Waals surface area contributed by atoms with Crippen molar-refractivity contribution in [1.82, 2.24) is 15.1 Å². The first-order chi connectivity index (χ1) is 13.9. The van der Waals surface area contributed by atoms with Crippen molar-refractivity contribution in [2.75, 3.05) is 13.2 Å². The molecule has 0 saturated carbocycles. The molecule has 0 bridgehead atoms. The van der Waals surface area contributed by atoms with Gasteiger partial charge in [-0.2, -0.15) is 4.98 Å². The van der Waals surface area contributed by atoms with Gasteiger partial charge in [-0.25, -0.2) is 0 Å². The number of rotatable bonds is 8. The van der Waals surface area contributed by atoms with Gasteiger partial charge in [0.15, 0.2) is 0 Å². The van der Waals surface area contributed by atoms with Gasteiger partial charge in [-0.05, 0) is 62.1 Å². The van der Waals surface area contributed by atoms with Gasteiger partial charge in [0.05, 0.1) is 6.61 Å². The number of pyridine rings is 1. The summed E-state index contributed by atoms with van der Waals surface area (Å²) in [5.74, 6) is 1.65. The second-order valence-electron chi connectivity index (χ2n) is 7.06. The number of ether oxygens (including phenoxy) is 1. The number of hydrogen-bond acceptors (Lipinski definition) is 7. The normalized spacial score (nSPS) is 12.2. The molecule has 0 radical (unpaired) electrons. The van der Waals surface area contributed by atoms with E-state index in [-0.39, 0.29) is 13.2 Å². The van der Waals surface area contributed by atoms with Crippen molar-refractivity contribution in [2.45, 2.75) is 46.6 Å². The van der Waals surface area contributed by atoms with Gasteiger partial charge in [-0.15, -0.1) is 0 Å². The predicted octanol–water partition coefficient (Wildman–Crippen LogP) is 3.27. The summed E-state index contributed by atoms with van der Waals surface area (Å²) < 4.78 is 11.2. The van der Waals surface area contributed by atoms with E-state index in [4.69, 9.17) is 14.4 Å². The largest absolute Gasteiger partial charge is 0.490 e. The molecule has 0 aliphatic carbocycles. The summed E-state index contributed by atoms with van der Waals surface area (Å²) in [6.45, 7) is 7.67. The minimum atomic E-state index is -0.908. The maximum absolute atomic E-state index is 9.51. The Hall–Kier alpha value is -2.77. The molecule has 0 saturated heterocycles. The van der Waals surface area contributed by atoms with Crippen molar-refractivity contribution < 1.29 is 19.5 Å². The fourth-order valence-corrected chi connectivity index (χ4v) is 3.13. The highest BCUT2D eigenvalue weighted by Crippen LogP contribution is 2.30. The van der Waals surface area contributed by atoms with Crippen LogP contribution < -0.4 is 4.74 Å². The highest BCUT2D eigenvalue weighted by atomic mass is 16.5. The summed E-state index contributed by atoms with van der Waals surface area (Å²) in [6, 6.07) is 7.81. The third-order valence-corrected chi connectivity index (χ3v) is 4.68. The molecule has 29 heavy (non-hydrogen) atoms. The van der Waals surface area contributed by atoms with Gasteiger partial charge in [0, 0.05) is 22.5 Å². The standard InChI is InChI=1S/C22H27N3O4/c1-5-17-9-16(10-18(6-2)23-17)22-24-21(25-29-22)15-7-13(3)20(14(4)8-15)28-12-19(27)11-26/h7-10,19,26-27H,5-6,11-12H2,1-4H3. The van der Waals surface area contributed by atoms with Crippen molar-refractivity contribution in [1.29, 1.82) is 0 Å². The van der Waals surface area contributed by atoms with Crippen LogP contribution in [0.5, 0.6) is 5.75 Å². The van der Waals surface area contributed by atoms with Gasteiger partial charge in [-0.1, -0.05) is 19.0 Å². The lowest BCUT2D eigenvalue weighted by Gasteiger charge is -2.15. The number of benzene rings is 1. The molecule has 3 aromatic rings. The average molecular weight is 397 g/mol. The Bertz CT molecular complexity index is 939. The molecule has 154 valence electrons. The summed E-state index contributed by atoms with van der Waals surface area (Å²) in [4.78, 5) is 9.17. The molecular formula is C22H27N3O4. The molecule has 7 heteroatoms. The van der Waals surface area contributed by atoms with E-state index in [2.05, 4.69) is 29.0 Å². The van der Waals surface area contributed by atoms with Crippen molar-refractivity contribution in [3.05, 3.63) is 46.8 Å². The summed E-state index contributed by atoms with van der Waals surface area (Å²) in [6.07, 6.45) is 0.772. The van der Waals surface area contributed by atoms with Crippen LogP contribution in [-0.4, -0.2) is 44.7 Å². The quantitative estimate of drug-likeness (QED) is 0.601. The van der Waals surface area contributed by atoms with E-state index in [0.29, 0.717) is 17.5 Å². The number of aryl methyl sites for hydroxylation is 4. The van der Waals surface area contributed by atoms with Crippen LogP contribution in [0.15, 0.2) is 28.8 Å². The van der Waals surface area contributed by atoms with Crippen molar-refractivity contribution in [3.8, 4) is 28.6 Å². The van der Waals surface area contributed by atoms with E-state index in [1.54, 1.807) is 0 Å². The lowest BCUT2D eigenvalue weighted by Crippen LogP contribution is -2.21. The fraction of sp³-hybridized carbons (Fsp3) is 0.409. The minimum Gasteiger partial charge on any atom is -0.490 e. The van der Waals surface area contributed by atoms with Crippen LogP contribution in [-0.2, 0) is 12.8 Å². The van der Waals surface area contributed by atoms with E-state index in [9.17, 15) is 5.11 Å². The fourth-order valence-electron chi connectivity index (χ4n) is 3.13. The van der Waals surface area contributed by atoms with E-state index in [0.717, 1.165) is 46.5 Å². The van der Waals surface area contributed by atoms with Gasteiger partial charge in [0.1, 0.15) is 18.5 Å². The number of hydrogen-bond donors (Lipinski definition) is 2. The van der Waals surface area contributed by atoms with Gasteiger partial charge in [-0.3, -0.25) is 4.98 Å². The minimum absolute atomic E-state index is 0.0332. The van der Waals surface area contributed by atoms with Crippen LogP contribution in [0.1, 0.15) is 36.4 Å². The van der Waals surface area contributed by atoms with Crippen LogP contribution >= 0.6 is 0 Å². The predicted molar refractivity (Wildman–Crippen MR) is 110 cm³/mol. The zero-order chi connectivity index (χ0) is 21.0. The second-order valence-corrected chi connectivity index (χ2v) is 7.06. The monoisotopic (exact) mass is 397 g/mol. The molecular weight excluding hydrogens is 370 g/mol. The zero-order valence-electron chi connectivity index (χ0n) is 17.3. The first-order valence-electron chi connectivity index (χ1n) is 9.82. The van der Waals surface area contributed by atoms with E-state index in [1.165, 1.54) is 0 Å². The molecule has 1 aromatic carbocycles. The highest BCUT2D eigenvalue weighted by Gasteiger charge is 2.16. The van der Waals surface area contributed by atoms with E-state index >= 15 is 0 Å². The smallest absolute Gasteiger partial charge is 0.258 e. The SMILES string of the molecule is CCc1cc(-c2nc(-c3cc(C)c(OCC(O)CO)c(C)c3)no2)cc(CC)n1. The summed E-state index contributed by atoms with van der Waals surface area (Å²) in [5, 5.41) is 22.6. The van der Waals surface area contributed by atoms with Crippen molar-refractivity contribution in [2.24, 2.45) is 0 Å². The van der Waals surface area contributed by atoms with Crippen molar-refractivity contribution >= 4 is 0 Å². The Balaban J connectivity index is 1.89. The average Bonchev–Trinajstić information content (AvgIpc) is 3.22. The Morgan fingerprint density at radius 1 is 0.966 bits per heavy atom. The first kappa shape index (κ1) is 21.0. The molecule has 0 amide bonds. The molecule has 1 atom stereocenters. The van der Waals surface area contributed by atoms with Crippen LogP contribution in [0.4, 0.5) is 0 Å². The molecule has 1 unspecified atom stereocenters. The first-order valence-corrected chi connectivity index (χ1v) is 9.82. The van der Waals surface area contributed by atoms with Crippen LogP contribution in [0, 0.1) is 13.8 Å². The lowest BCUT2D eigenvalue weighted by molar-refractivity contribution is 0.0532. The van der Waals surface area contributed by atoms with Crippen LogP contribution in [0.3, 0.4) is 0 Å². The molecule has 2 N–H and O–H groups in total. The Labute approximate surface area is 170 Å². The van der Waals surface area contributed by atoms with Gasteiger partial charge < -0.3 is 19.5 Å². The molecule has 0 fully saturated rings. The third-order valence-electron chi connectivity index (χ3n) is 4.68. The van der Waals surface area contributed by atoms with Crippen LogP contribution in [0.25, 0.3) is 22.8 Å². The molecule has 0 aliphatic rings. The summed E-state index contributed by atoms with van der Waals surface area (Å²) in [5.41, 5.74) is 5.47. The number of aromatic nitrogens is 3. The molecule has 2 heterocycles. The Morgan fingerprint density at radius 2 is 1.59 bits per heavy atom. The van der Waals surface area contributed by atoms with E-state index < -0.39 is 6.10 Å². The lowest BCUT2D eigenvalue weighted by atomic mass is 10.1. The number of nitrogens with zero attached hydrogens (tertiary/aromatic N) is 3. The highest BCUT2D eigenvalue weighted by molar-refractivity contribution is 5.64. The van der Waals surface area contributed by atoms with E-state index in [1.807, 2.05) is 38.1 Å². The number of aliphatic hydroxyl groups excluding tert-OH is 2. The maximum Gasteiger partial charge on any atom is 0.258 e. The van der Waals surface area contributed by atoms with Gasteiger partial charge >= 0.3 is 0 Å². The molecule has 2 aromatic heterocycles. The maximum atomic E-state index is 9.51. The molecule has 0 aliphatic heterocycles. The number of aliphatic hydroxyl groups is 2. The second kappa shape index (κ2) is 9.15. The van der Waals surface area contributed by atoms with Gasteiger partial charge in [0.2, 0.25) is 5.82 Å². The molecule has 3 rings (SSSR count). The topological polar surface area (TPSA) is 102 Å². The molecule has 0 spiro atoms. The molecule has 7 nitrogen and oxygen atoms in total. The Morgan fingerprint density at radius 3 is 2.14 bits per heavy atom. The zero-order valence-corrected chi connectivity index (χ0v) is 17.3. The van der Waals surface area contributed by atoms with Crippen LogP contribution in [0.2, 0.25) is 0 Å².